The first-order valence-electron chi connectivity index (χ1n) is 6.64. The Morgan fingerprint density at radius 1 is 1.10 bits per heavy atom. The molecule has 2 aromatic rings. The molecule has 3 nitrogen and oxygen atoms in total. The number of ketones is 1. The van der Waals surface area contributed by atoms with Crippen LogP contribution >= 0.6 is 0 Å². The van der Waals surface area contributed by atoms with Crippen molar-refractivity contribution in [2.75, 3.05) is 12.4 Å². The van der Waals surface area contributed by atoms with Crippen LogP contribution in [-0.4, -0.2) is 12.9 Å². The molecule has 0 amide bonds. The van der Waals surface area contributed by atoms with Crippen molar-refractivity contribution in [2.45, 2.75) is 19.4 Å². The molecule has 0 radical (unpaired) electrons. The third-order valence-corrected chi connectivity index (χ3v) is 3.12. The Labute approximate surface area is 119 Å². The zero-order valence-electron chi connectivity index (χ0n) is 11.8. The van der Waals surface area contributed by atoms with Crippen LogP contribution in [0.25, 0.3) is 0 Å². The summed E-state index contributed by atoms with van der Waals surface area (Å²) < 4.78 is 5.14. The van der Waals surface area contributed by atoms with Crippen molar-refractivity contribution in [3.63, 3.8) is 0 Å². The van der Waals surface area contributed by atoms with E-state index in [1.54, 1.807) is 14.0 Å². The summed E-state index contributed by atoms with van der Waals surface area (Å²) in [5.41, 5.74) is 2.08. The number of rotatable bonds is 6. The van der Waals surface area contributed by atoms with Gasteiger partial charge in [-0.1, -0.05) is 30.3 Å². The first-order valence-corrected chi connectivity index (χ1v) is 6.64. The van der Waals surface area contributed by atoms with Crippen molar-refractivity contribution in [3.8, 4) is 5.75 Å². The Balaban J connectivity index is 2.16. The van der Waals surface area contributed by atoms with E-state index in [0.29, 0.717) is 6.42 Å². The molecule has 0 spiro atoms. The number of Topliss-reactive ketones (excluding diaryl/α,β-unsaturated/α-hetero) is 1. The van der Waals surface area contributed by atoms with Crippen LogP contribution in [-0.2, 0) is 4.79 Å². The van der Waals surface area contributed by atoms with Gasteiger partial charge in [0.25, 0.3) is 0 Å². The average Bonchev–Trinajstić information content (AvgIpc) is 2.48. The Bertz CT molecular complexity index is 549. The molecule has 0 bridgehead atoms. The highest BCUT2D eigenvalue weighted by Crippen LogP contribution is 2.24. The largest absolute Gasteiger partial charge is 0.497 e. The number of carbonyl (C=O) groups excluding carboxylic acids is 1. The van der Waals surface area contributed by atoms with Crippen LogP contribution in [0.15, 0.2) is 54.6 Å². The van der Waals surface area contributed by atoms with E-state index in [4.69, 9.17) is 4.74 Å². The highest BCUT2D eigenvalue weighted by atomic mass is 16.5. The molecular weight excluding hydrogens is 250 g/mol. The lowest BCUT2D eigenvalue weighted by Crippen LogP contribution is -2.14. The molecule has 0 heterocycles. The molecule has 0 aliphatic carbocycles. The number of anilines is 1. The molecule has 20 heavy (non-hydrogen) atoms. The molecular formula is C17H19NO2. The fourth-order valence-electron chi connectivity index (χ4n) is 2.11. The topological polar surface area (TPSA) is 38.3 Å². The van der Waals surface area contributed by atoms with Gasteiger partial charge in [-0.15, -0.1) is 0 Å². The third-order valence-electron chi connectivity index (χ3n) is 3.12. The van der Waals surface area contributed by atoms with Crippen LogP contribution in [0.3, 0.4) is 0 Å². The number of benzene rings is 2. The number of carbonyl (C=O) groups is 1. The first-order chi connectivity index (χ1) is 9.69. The predicted molar refractivity (Wildman–Crippen MR) is 81.1 cm³/mol. The molecule has 104 valence electrons. The van der Waals surface area contributed by atoms with E-state index in [1.165, 1.54) is 0 Å². The summed E-state index contributed by atoms with van der Waals surface area (Å²) in [7, 11) is 1.64. The normalized spacial score (nSPS) is 11.7. The highest BCUT2D eigenvalue weighted by Gasteiger charge is 2.13. The summed E-state index contributed by atoms with van der Waals surface area (Å²) in [6, 6.07) is 17.7. The Morgan fingerprint density at radius 3 is 2.30 bits per heavy atom. The van der Waals surface area contributed by atoms with Gasteiger partial charge < -0.3 is 10.1 Å². The molecule has 3 heteroatoms. The van der Waals surface area contributed by atoms with Gasteiger partial charge in [0.2, 0.25) is 0 Å². The molecule has 0 saturated heterocycles. The summed E-state index contributed by atoms with van der Waals surface area (Å²) in [4.78, 5) is 11.5. The zero-order valence-corrected chi connectivity index (χ0v) is 11.8. The first kappa shape index (κ1) is 14.1. The molecule has 0 aliphatic heterocycles. The highest BCUT2D eigenvalue weighted by molar-refractivity contribution is 5.77. The second-order valence-corrected chi connectivity index (χ2v) is 4.74. The summed E-state index contributed by atoms with van der Waals surface area (Å²) in [6.45, 7) is 1.62. The number of ether oxygens (including phenoxy) is 1. The zero-order chi connectivity index (χ0) is 14.4. The second kappa shape index (κ2) is 6.75. The van der Waals surface area contributed by atoms with Gasteiger partial charge in [0.15, 0.2) is 0 Å². The smallest absolute Gasteiger partial charge is 0.132 e. The minimum absolute atomic E-state index is 0.0119. The quantitative estimate of drug-likeness (QED) is 0.866. The molecule has 0 aliphatic rings. The maximum absolute atomic E-state index is 11.5. The van der Waals surface area contributed by atoms with Crippen LogP contribution in [0.1, 0.15) is 24.9 Å². The maximum atomic E-state index is 11.5. The second-order valence-electron chi connectivity index (χ2n) is 4.74. The van der Waals surface area contributed by atoms with Gasteiger partial charge in [0.05, 0.1) is 13.2 Å². The van der Waals surface area contributed by atoms with Gasteiger partial charge in [-0.3, -0.25) is 4.79 Å². The molecule has 2 aromatic carbocycles. The van der Waals surface area contributed by atoms with Crippen LogP contribution in [0, 0.1) is 0 Å². The molecule has 1 N–H and O–H groups in total. The van der Waals surface area contributed by atoms with Gasteiger partial charge in [-0.05, 0) is 36.8 Å². The van der Waals surface area contributed by atoms with Crippen LogP contribution in [0.2, 0.25) is 0 Å². The van der Waals surface area contributed by atoms with E-state index >= 15 is 0 Å². The molecule has 0 aromatic heterocycles. The fraction of sp³-hybridized carbons (Fsp3) is 0.235. The Hall–Kier alpha value is -2.29. The van der Waals surface area contributed by atoms with Gasteiger partial charge in [0.1, 0.15) is 11.5 Å². The van der Waals surface area contributed by atoms with E-state index < -0.39 is 0 Å². The lowest BCUT2D eigenvalue weighted by Gasteiger charge is -2.19. The van der Waals surface area contributed by atoms with E-state index in [2.05, 4.69) is 5.32 Å². The van der Waals surface area contributed by atoms with Crippen molar-refractivity contribution in [1.29, 1.82) is 0 Å². The Kier molecular flexibility index (Phi) is 4.77. The van der Waals surface area contributed by atoms with Crippen molar-refractivity contribution < 1.29 is 9.53 Å². The third kappa shape index (κ3) is 3.85. The van der Waals surface area contributed by atoms with E-state index in [1.807, 2.05) is 54.6 Å². The van der Waals surface area contributed by atoms with Gasteiger partial charge in [-0.2, -0.15) is 0 Å². The minimum atomic E-state index is -0.0119. The number of nitrogens with one attached hydrogen (secondary N) is 1. The van der Waals surface area contributed by atoms with Crippen LogP contribution in [0.4, 0.5) is 5.69 Å². The Morgan fingerprint density at radius 2 is 1.75 bits per heavy atom. The van der Waals surface area contributed by atoms with Crippen LogP contribution in [0.5, 0.6) is 5.75 Å². The standard InChI is InChI=1S/C17H19NO2/c1-13(19)12-17(14-6-4-3-5-7-14)18-15-8-10-16(20-2)11-9-15/h3-11,17-18H,12H2,1-2H3. The van der Waals surface area contributed by atoms with Crippen molar-refractivity contribution in [2.24, 2.45) is 0 Å². The van der Waals surface area contributed by atoms with Crippen molar-refractivity contribution in [3.05, 3.63) is 60.2 Å². The molecule has 0 saturated carbocycles. The van der Waals surface area contributed by atoms with Gasteiger partial charge in [0, 0.05) is 12.1 Å². The lowest BCUT2D eigenvalue weighted by molar-refractivity contribution is -0.117. The number of hydrogen-bond acceptors (Lipinski definition) is 3. The van der Waals surface area contributed by atoms with Gasteiger partial charge in [-0.25, -0.2) is 0 Å². The SMILES string of the molecule is COc1ccc(NC(CC(C)=O)c2ccccc2)cc1. The van der Waals surface area contributed by atoms with E-state index in [0.717, 1.165) is 17.0 Å². The molecule has 1 atom stereocenters. The predicted octanol–water partition coefficient (Wildman–Crippen LogP) is 3.83. The maximum Gasteiger partial charge on any atom is 0.132 e. The van der Waals surface area contributed by atoms with E-state index in [9.17, 15) is 4.79 Å². The molecule has 0 fully saturated rings. The molecule has 1 unspecified atom stereocenters. The van der Waals surface area contributed by atoms with Crippen molar-refractivity contribution >= 4 is 11.5 Å². The van der Waals surface area contributed by atoms with Gasteiger partial charge >= 0.3 is 0 Å². The van der Waals surface area contributed by atoms with E-state index in [-0.39, 0.29) is 11.8 Å². The fourth-order valence-corrected chi connectivity index (χ4v) is 2.11. The summed E-state index contributed by atoms with van der Waals surface area (Å²) in [6.07, 6.45) is 0.468. The summed E-state index contributed by atoms with van der Waals surface area (Å²) in [5.74, 6) is 0.984. The average molecular weight is 269 g/mol. The summed E-state index contributed by atoms with van der Waals surface area (Å²) >= 11 is 0. The molecule has 2 rings (SSSR count). The number of methoxy groups -OCH3 is 1. The number of hydrogen-bond donors (Lipinski definition) is 1. The monoisotopic (exact) mass is 269 g/mol. The van der Waals surface area contributed by atoms with Crippen molar-refractivity contribution in [1.82, 2.24) is 0 Å². The minimum Gasteiger partial charge on any atom is -0.497 e. The van der Waals surface area contributed by atoms with Crippen LogP contribution < -0.4 is 10.1 Å². The lowest BCUT2D eigenvalue weighted by atomic mass is 10.0. The summed E-state index contributed by atoms with van der Waals surface area (Å²) in [5, 5.41) is 3.40.